The van der Waals surface area contributed by atoms with Gasteiger partial charge in [-0.25, -0.2) is 18.2 Å². The second-order valence-electron chi connectivity index (χ2n) is 11.7. The molecule has 1 fully saturated rings. The van der Waals surface area contributed by atoms with Gasteiger partial charge in [0.1, 0.15) is 29.0 Å². The Labute approximate surface area is 252 Å². The zero-order chi connectivity index (χ0) is 31.2. The molecule has 1 aliphatic carbocycles. The van der Waals surface area contributed by atoms with Gasteiger partial charge in [0.15, 0.2) is 11.6 Å². The Hall–Kier alpha value is -5.05. The minimum absolute atomic E-state index is 0.0283. The zero-order valence-electron chi connectivity index (χ0n) is 24.2. The third-order valence-corrected chi connectivity index (χ3v) is 8.51. The number of pyridine rings is 1. The molecule has 44 heavy (non-hydrogen) atoms. The maximum Gasteiger partial charge on any atom is 0.235 e. The molecule has 3 atom stereocenters. The van der Waals surface area contributed by atoms with Crippen LogP contribution in [0.4, 0.5) is 19.0 Å². The largest absolute Gasteiger partial charge is 0.385 e. The smallest absolute Gasteiger partial charge is 0.235 e. The number of nitrogens with zero attached hydrogens (tertiary/aromatic N) is 4. The Kier molecular flexibility index (Phi) is 7.41. The molecular formula is C32H31F3N8O. The Morgan fingerprint density at radius 3 is 2.64 bits per heavy atom. The van der Waals surface area contributed by atoms with Crippen molar-refractivity contribution in [2.45, 2.75) is 44.7 Å². The third kappa shape index (κ3) is 5.08. The van der Waals surface area contributed by atoms with Gasteiger partial charge in [0.25, 0.3) is 0 Å². The van der Waals surface area contributed by atoms with Crippen molar-refractivity contribution in [1.82, 2.24) is 20.3 Å². The van der Waals surface area contributed by atoms with Gasteiger partial charge in [0, 0.05) is 47.9 Å². The van der Waals surface area contributed by atoms with E-state index in [-0.39, 0.29) is 62.9 Å². The predicted octanol–water partition coefficient (Wildman–Crippen LogP) is 5.25. The molecule has 6 rings (SSSR count). The molecule has 1 aliphatic heterocycles. The molecule has 0 radical (unpaired) electrons. The van der Waals surface area contributed by atoms with Crippen LogP contribution in [0.25, 0.3) is 33.3 Å². The van der Waals surface area contributed by atoms with Crippen molar-refractivity contribution >= 4 is 28.5 Å². The highest BCUT2D eigenvalue weighted by Crippen LogP contribution is 2.40. The summed E-state index contributed by atoms with van der Waals surface area (Å²) in [6.45, 7) is 2.13. The van der Waals surface area contributed by atoms with Gasteiger partial charge in [0.2, 0.25) is 5.91 Å². The number of hydrazone groups is 1. The van der Waals surface area contributed by atoms with E-state index in [1.54, 1.807) is 49.3 Å². The number of aromatic nitrogens is 2. The van der Waals surface area contributed by atoms with Crippen LogP contribution < -0.4 is 16.4 Å². The number of aromatic amines is 1. The number of amidine groups is 1. The van der Waals surface area contributed by atoms with Crippen molar-refractivity contribution in [3.8, 4) is 28.5 Å². The molecule has 12 heteroatoms. The molecule has 0 bridgehead atoms. The van der Waals surface area contributed by atoms with Crippen molar-refractivity contribution in [1.29, 1.82) is 5.26 Å². The molecule has 5 N–H and O–H groups in total. The summed E-state index contributed by atoms with van der Waals surface area (Å²) in [5.41, 5.74) is 5.93. The second kappa shape index (κ2) is 11.2. The molecule has 3 heterocycles. The minimum Gasteiger partial charge on any atom is -0.385 e. The summed E-state index contributed by atoms with van der Waals surface area (Å²) < 4.78 is 45.2. The lowest BCUT2D eigenvalue weighted by Gasteiger charge is -2.33. The van der Waals surface area contributed by atoms with E-state index in [4.69, 9.17) is 5.73 Å². The SMILES string of the molecule is CN1CC(C)(C(=O)NC2CCCC(Nc3nc(-c4c[nH]c5c(F)cc(F)cc45)c(C#N)c(-c4ccccc4)c3F)C2)C(N)=N1. The van der Waals surface area contributed by atoms with Gasteiger partial charge in [-0.1, -0.05) is 30.3 Å². The number of carbonyl (C=O) groups excluding carboxylic acids is 1. The van der Waals surface area contributed by atoms with Gasteiger partial charge in [0.05, 0.1) is 23.3 Å². The van der Waals surface area contributed by atoms with Crippen LogP contribution in [0.3, 0.4) is 0 Å². The lowest BCUT2D eigenvalue weighted by Crippen LogP contribution is -2.52. The first-order chi connectivity index (χ1) is 21.1. The van der Waals surface area contributed by atoms with Gasteiger partial charge in [-0.15, -0.1) is 0 Å². The highest BCUT2D eigenvalue weighted by atomic mass is 19.1. The van der Waals surface area contributed by atoms with Crippen molar-refractivity contribution in [2.24, 2.45) is 16.3 Å². The predicted molar refractivity (Wildman–Crippen MR) is 162 cm³/mol. The summed E-state index contributed by atoms with van der Waals surface area (Å²) in [6, 6.07) is 12.1. The molecule has 2 aromatic heterocycles. The van der Waals surface area contributed by atoms with Crippen LogP contribution in [-0.2, 0) is 4.79 Å². The van der Waals surface area contributed by atoms with E-state index >= 15 is 4.39 Å². The maximum absolute atomic E-state index is 16.4. The maximum atomic E-state index is 16.4. The first kappa shape index (κ1) is 29.0. The van der Waals surface area contributed by atoms with Gasteiger partial charge in [-0.3, -0.25) is 9.80 Å². The number of rotatable bonds is 6. The molecule has 9 nitrogen and oxygen atoms in total. The molecule has 0 spiro atoms. The van der Waals surface area contributed by atoms with Crippen molar-refractivity contribution in [2.75, 3.05) is 18.9 Å². The van der Waals surface area contributed by atoms with Crippen LogP contribution in [0, 0.1) is 34.2 Å². The molecule has 3 unspecified atom stereocenters. The van der Waals surface area contributed by atoms with Crippen LogP contribution in [0.1, 0.15) is 38.2 Å². The average molecular weight is 601 g/mol. The average Bonchev–Trinajstić information content (AvgIpc) is 3.54. The molecule has 0 saturated heterocycles. The molecule has 1 amide bonds. The number of carbonyl (C=O) groups is 1. The molecular weight excluding hydrogens is 569 g/mol. The highest BCUT2D eigenvalue weighted by Gasteiger charge is 2.44. The fourth-order valence-corrected chi connectivity index (χ4v) is 6.24. The first-order valence-electron chi connectivity index (χ1n) is 14.4. The van der Waals surface area contributed by atoms with Gasteiger partial charge in [-0.05, 0) is 44.2 Å². The Bertz CT molecular complexity index is 1830. The third-order valence-electron chi connectivity index (χ3n) is 8.51. The number of amides is 1. The number of fused-ring (bicyclic) bond motifs is 1. The van der Waals surface area contributed by atoms with Crippen molar-refractivity contribution in [3.63, 3.8) is 0 Å². The number of nitrogens with one attached hydrogen (secondary N) is 3. The summed E-state index contributed by atoms with van der Waals surface area (Å²) in [7, 11) is 1.76. The number of hydrogen-bond acceptors (Lipinski definition) is 7. The summed E-state index contributed by atoms with van der Waals surface area (Å²) >= 11 is 0. The summed E-state index contributed by atoms with van der Waals surface area (Å²) in [5, 5.41) is 22.6. The molecule has 2 aliphatic rings. The lowest BCUT2D eigenvalue weighted by atomic mass is 9.86. The highest BCUT2D eigenvalue weighted by molar-refractivity contribution is 6.07. The standard InChI is InChI=1S/C32H31F3N8O/c1-32(16-43(2)42-30(32)37)31(44)40-20-10-6-9-19(13-20)39-29-26(35)25(17-7-4-3-5-8-17)22(14-36)27(41-29)23-15-38-28-21(23)11-18(33)12-24(28)34/h3-5,7-8,11-12,15,19-20,38H,6,9-10,13,16H2,1-2H3,(H2,37,42)(H,39,41)(H,40,44). The Morgan fingerprint density at radius 1 is 1.18 bits per heavy atom. The number of anilines is 1. The first-order valence-corrected chi connectivity index (χ1v) is 14.4. The molecule has 4 aromatic rings. The number of halogens is 3. The Morgan fingerprint density at radius 2 is 1.93 bits per heavy atom. The van der Waals surface area contributed by atoms with E-state index in [0.717, 1.165) is 25.0 Å². The molecule has 1 saturated carbocycles. The summed E-state index contributed by atoms with van der Waals surface area (Å²) in [5.74, 6) is -2.37. The van der Waals surface area contributed by atoms with Gasteiger partial charge < -0.3 is 21.4 Å². The fraction of sp³-hybridized carbons (Fsp3) is 0.312. The number of H-pyrrole nitrogens is 1. The van der Waals surface area contributed by atoms with E-state index in [1.807, 2.05) is 0 Å². The zero-order valence-corrected chi connectivity index (χ0v) is 24.2. The van der Waals surface area contributed by atoms with E-state index in [2.05, 4.69) is 31.8 Å². The van der Waals surface area contributed by atoms with E-state index in [9.17, 15) is 18.8 Å². The van der Waals surface area contributed by atoms with Crippen LogP contribution in [0.15, 0.2) is 53.8 Å². The van der Waals surface area contributed by atoms with Crippen molar-refractivity contribution in [3.05, 3.63) is 71.7 Å². The molecule has 2 aromatic carbocycles. The topological polar surface area (TPSA) is 135 Å². The monoisotopic (exact) mass is 600 g/mol. The van der Waals surface area contributed by atoms with E-state index < -0.39 is 22.9 Å². The van der Waals surface area contributed by atoms with E-state index in [0.29, 0.717) is 24.9 Å². The van der Waals surface area contributed by atoms with Gasteiger partial charge in [-0.2, -0.15) is 10.4 Å². The van der Waals surface area contributed by atoms with E-state index in [1.165, 1.54) is 6.20 Å². The second-order valence-corrected chi connectivity index (χ2v) is 11.7. The van der Waals surface area contributed by atoms with Gasteiger partial charge >= 0.3 is 0 Å². The number of benzene rings is 2. The lowest BCUT2D eigenvalue weighted by molar-refractivity contribution is -0.128. The molecule has 226 valence electrons. The normalized spacial score (nSPS) is 21.6. The van der Waals surface area contributed by atoms with Crippen LogP contribution >= 0.6 is 0 Å². The quantitative estimate of drug-likeness (QED) is 0.239. The number of hydrogen-bond donors (Lipinski definition) is 4. The number of nitriles is 1. The van der Waals surface area contributed by atoms with Crippen LogP contribution in [0.5, 0.6) is 0 Å². The van der Waals surface area contributed by atoms with Crippen LogP contribution in [0.2, 0.25) is 0 Å². The van der Waals surface area contributed by atoms with Crippen LogP contribution in [-0.4, -0.2) is 52.4 Å². The summed E-state index contributed by atoms with van der Waals surface area (Å²) in [4.78, 5) is 20.6. The number of nitrogens with two attached hydrogens (primary N) is 1. The van der Waals surface area contributed by atoms with Crippen molar-refractivity contribution < 1.29 is 18.0 Å². The minimum atomic E-state index is -0.951. The summed E-state index contributed by atoms with van der Waals surface area (Å²) in [6.07, 6.45) is 4.13. The Balaban J connectivity index is 1.37. The fourth-order valence-electron chi connectivity index (χ4n) is 6.24.